The predicted molar refractivity (Wildman–Crippen MR) is 56.5 cm³/mol. The summed E-state index contributed by atoms with van der Waals surface area (Å²) in [7, 11) is 3.26. The SMILES string of the molecule is CC(C)N1C(=O)N(C)C(=S)N(C)C1O. The lowest BCUT2D eigenvalue weighted by Gasteiger charge is -2.45. The first-order valence-electron chi connectivity index (χ1n) is 4.38. The van der Waals surface area contributed by atoms with Gasteiger partial charge in [-0.1, -0.05) is 0 Å². The van der Waals surface area contributed by atoms with Crippen molar-refractivity contribution >= 4 is 23.4 Å². The largest absolute Gasteiger partial charge is 0.356 e. The number of amides is 2. The molecular formula is C8H15N3O2S. The van der Waals surface area contributed by atoms with E-state index in [4.69, 9.17) is 12.2 Å². The summed E-state index contributed by atoms with van der Waals surface area (Å²) in [6.07, 6.45) is -0.966. The molecule has 1 N–H and O–H groups in total. The van der Waals surface area contributed by atoms with E-state index in [9.17, 15) is 9.90 Å². The third kappa shape index (κ3) is 1.55. The second kappa shape index (κ2) is 3.70. The summed E-state index contributed by atoms with van der Waals surface area (Å²) in [6, 6.07) is -0.332. The Morgan fingerprint density at radius 1 is 1.43 bits per heavy atom. The van der Waals surface area contributed by atoms with Crippen molar-refractivity contribution in [3.8, 4) is 0 Å². The minimum Gasteiger partial charge on any atom is -0.356 e. The Bertz CT molecular complexity index is 269. The van der Waals surface area contributed by atoms with Crippen molar-refractivity contribution in [1.29, 1.82) is 0 Å². The van der Waals surface area contributed by atoms with Crippen molar-refractivity contribution in [2.75, 3.05) is 14.1 Å². The van der Waals surface area contributed by atoms with E-state index in [1.807, 2.05) is 13.8 Å². The van der Waals surface area contributed by atoms with Crippen molar-refractivity contribution in [3.63, 3.8) is 0 Å². The summed E-state index contributed by atoms with van der Waals surface area (Å²) in [6.45, 7) is 3.69. The van der Waals surface area contributed by atoms with Gasteiger partial charge in [-0.15, -0.1) is 0 Å². The fraction of sp³-hybridized carbons (Fsp3) is 0.750. The highest BCUT2D eigenvalue weighted by Gasteiger charge is 2.38. The highest BCUT2D eigenvalue weighted by atomic mass is 32.1. The lowest BCUT2D eigenvalue weighted by atomic mass is 10.3. The summed E-state index contributed by atoms with van der Waals surface area (Å²) in [4.78, 5) is 15.9. The molecule has 1 heterocycles. The fourth-order valence-corrected chi connectivity index (χ4v) is 1.54. The molecule has 1 atom stereocenters. The third-order valence-electron chi connectivity index (χ3n) is 2.25. The molecule has 1 fully saturated rings. The Morgan fingerprint density at radius 2 is 1.93 bits per heavy atom. The summed E-state index contributed by atoms with van der Waals surface area (Å²) in [5.41, 5.74) is 0. The first-order valence-corrected chi connectivity index (χ1v) is 4.79. The molecular weight excluding hydrogens is 202 g/mol. The van der Waals surface area contributed by atoms with Gasteiger partial charge in [0.2, 0.25) is 6.35 Å². The van der Waals surface area contributed by atoms with E-state index in [1.165, 1.54) is 14.7 Å². The van der Waals surface area contributed by atoms with Gasteiger partial charge in [0.25, 0.3) is 0 Å². The molecule has 2 amide bonds. The van der Waals surface area contributed by atoms with Crippen molar-refractivity contribution in [2.45, 2.75) is 26.2 Å². The second-order valence-corrected chi connectivity index (χ2v) is 3.95. The number of hydrogen-bond acceptors (Lipinski definition) is 3. The molecule has 0 aromatic heterocycles. The lowest BCUT2D eigenvalue weighted by Crippen LogP contribution is -2.65. The average molecular weight is 217 g/mol. The van der Waals surface area contributed by atoms with Crippen molar-refractivity contribution in [2.24, 2.45) is 0 Å². The molecule has 0 aromatic rings. The number of carbonyl (C=O) groups is 1. The Kier molecular flexibility index (Phi) is 2.96. The zero-order valence-electron chi connectivity index (χ0n) is 8.76. The van der Waals surface area contributed by atoms with E-state index in [-0.39, 0.29) is 12.1 Å². The van der Waals surface area contributed by atoms with Crippen LogP contribution in [-0.2, 0) is 0 Å². The Balaban J connectivity index is 2.98. The summed E-state index contributed by atoms with van der Waals surface area (Å²) in [5.74, 6) is 0. The van der Waals surface area contributed by atoms with Crippen LogP contribution in [0.5, 0.6) is 0 Å². The van der Waals surface area contributed by atoms with Crippen LogP contribution in [0, 0.1) is 0 Å². The Labute approximate surface area is 88.9 Å². The molecule has 14 heavy (non-hydrogen) atoms. The van der Waals surface area contributed by atoms with Crippen LogP contribution in [0.3, 0.4) is 0 Å². The Morgan fingerprint density at radius 3 is 2.36 bits per heavy atom. The minimum absolute atomic E-state index is 0.0644. The number of nitrogens with zero attached hydrogens (tertiary/aromatic N) is 3. The van der Waals surface area contributed by atoms with Crippen LogP contribution in [0.15, 0.2) is 0 Å². The van der Waals surface area contributed by atoms with Gasteiger partial charge in [0, 0.05) is 20.1 Å². The van der Waals surface area contributed by atoms with E-state index >= 15 is 0 Å². The van der Waals surface area contributed by atoms with Gasteiger partial charge in [-0.05, 0) is 26.1 Å². The highest BCUT2D eigenvalue weighted by molar-refractivity contribution is 7.80. The van der Waals surface area contributed by atoms with Crippen LogP contribution < -0.4 is 0 Å². The molecule has 0 saturated carbocycles. The van der Waals surface area contributed by atoms with Gasteiger partial charge in [0.1, 0.15) is 0 Å². The molecule has 0 aromatic carbocycles. The number of rotatable bonds is 1. The molecule has 1 aliphatic heterocycles. The van der Waals surface area contributed by atoms with Crippen molar-refractivity contribution < 1.29 is 9.90 Å². The van der Waals surface area contributed by atoms with Crippen molar-refractivity contribution in [1.82, 2.24) is 14.7 Å². The topological polar surface area (TPSA) is 47.0 Å². The van der Waals surface area contributed by atoms with Crippen LogP contribution in [0.1, 0.15) is 13.8 Å². The van der Waals surface area contributed by atoms with E-state index in [0.29, 0.717) is 5.11 Å². The normalized spacial score (nSPS) is 23.9. The maximum atomic E-state index is 11.7. The van der Waals surface area contributed by atoms with E-state index in [1.54, 1.807) is 14.1 Å². The number of hydrogen-bond donors (Lipinski definition) is 1. The van der Waals surface area contributed by atoms with E-state index < -0.39 is 6.35 Å². The number of aliphatic hydroxyl groups excluding tert-OH is 1. The molecule has 1 aliphatic rings. The maximum Gasteiger partial charge on any atom is 0.329 e. The van der Waals surface area contributed by atoms with Gasteiger partial charge in [0.05, 0.1) is 0 Å². The number of urea groups is 1. The van der Waals surface area contributed by atoms with Crippen LogP contribution in [0.4, 0.5) is 4.79 Å². The molecule has 6 heteroatoms. The summed E-state index contributed by atoms with van der Waals surface area (Å²) < 4.78 is 0. The number of thiocarbonyl (C=S) groups is 1. The monoisotopic (exact) mass is 217 g/mol. The first kappa shape index (κ1) is 11.2. The first-order chi connectivity index (χ1) is 6.37. The molecule has 0 bridgehead atoms. The summed E-state index contributed by atoms with van der Waals surface area (Å²) in [5, 5.41) is 10.1. The predicted octanol–water partition coefficient (Wildman–Crippen LogP) is 0.255. The Hall–Kier alpha value is -0.880. The summed E-state index contributed by atoms with van der Waals surface area (Å²) >= 11 is 4.99. The van der Waals surface area contributed by atoms with Crippen LogP contribution in [-0.4, -0.2) is 57.4 Å². The van der Waals surface area contributed by atoms with Gasteiger partial charge in [-0.3, -0.25) is 9.80 Å². The van der Waals surface area contributed by atoms with E-state index in [0.717, 1.165) is 0 Å². The second-order valence-electron chi connectivity index (χ2n) is 3.58. The smallest absolute Gasteiger partial charge is 0.329 e. The molecule has 5 nitrogen and oxygen atoms in total. The van der Waals surface area contributed by atoms with Gasteiger partial charge in [0.15, 0.2) is 5.11 Å². The van der Waals surface area contributed by atoms with Gasteiger partial charge >= 0.3 is 6.03 Å². The van der Waals surface area contributed by atoms with Crippen LogP contribution >= 0.6 is 12.2 Å². The zero-order valence-corrected chi connectivity index (χ0v) is 9.58. The molecule has 1 rings (SSSR count). The third-order valence-corrected chi connectivity index (χ3v) is 2.81. The minimum atomic E-state index is -0.966. The lowest BCUT2D eigenvalue weighted by molar-refractivity contribution is -0.0779. The maximum absolute atomic E-state index is 11.7. The molecule has 0 aliphatic carbocycles. The van der Waals surface area contributed by atoms with Gasteiger partial charge in [-0.2, -0.15) is 0 Å². The standard InChI is InChI=1S/C8H15N3O2S/c1-5(2)11-6(12)9(3)8(14)10(4)7(11)13/h5-6,12H,1-4H3. The molecule has 0 radical (unpaired) electrons. The average Bonchev–Trinajstić information content (AvgIpc) is 2.11. The molecule has 0 spiro atoms. The fourth-order valence-electron chi connectivity index (χ4n) is 1.36. The zero-order chi connectivity index (χ0) is 11.0. The van der Waals surface area contributed by atoms with Crippen molar-refractivity contribution in [3.05, 3.63) is 0 Å². The van der Waals surface area contributed by atoms with Crippen LogP contribution in [0.25, 0.3) is 0 Å². The number of aliphatic hydroxyl groups is 1. The molecule has 1 saturated heterocycles. The van der Waals surface area contributed by atoms with E-state index in [2.05, 4.69) is 0 Å². The molecule has 1 unspecified atom stereocenters. The number of carbonyl (C=O) groups excluding carboxylic acids is 1. The van der Waals surface area contributed by atoms with Gasteiger partial charge in [-0.25, -0.2) is 4.79 Å². The highest BCUT2D eigenvalue weighted by Crippen LogP contribution is 2.17. The quantitative estimate of drug-likeness (QED) is 0.640. The molecule has 80 valence electrons. The van der Waals surface area contributed by atoms with Gasteiger partial charge < -0.3 is 10.0 Å². The van der Waals surface area contributed by atoms with Crippen LogP contribution in [0.2, 0.25) is 0 Å².